The predicted molar refractivity (Wildman–Crippen MR) is 104 cm³/mol. The van der Waals surface area contributed by atoms with Crippen molar-refractivity contribution in [3.05, 3.63) is 58.7 Å². The van der Waals surface area contributed by atoms with Gasteiger partial charge in [-0.2, -0.15) is 0 Å². The number of H-pyrrole nitrogens is 1. The summed E-state index contributed by atoms with van der Waals surface area (Å²) < 4.78 is 0. The molecule has 0 saturated carbocycles. The first-order chi connectivity index (χ1) is 13.1. The summed E-state index contributed by atoms with van der Waals surface area (Å²) in [5.41, 5.74) is 14.4. The molecular weight excluding hydrogens is 342 g/mol. The van der Waals surface area contributed by atoms with E-state index in [0.29, 0.717) is 18.5 Å². The Morgan fingerprint density at radius 3 is 2.93 bits per heavy atom. The molecule has 6 heteroatoms. The number of aromatic amines is 1. The van der Waals surface area contributed by atoms with Gasteiger partial charge in [0.2, 0.25) is 0 Å². The maximum absolute atomic E-state index is 12.2. The van der Waals surface area contributed by atoms with Crippen molar-refractivity contribution in [3.8, 4) is 11.3 Å². The second kappa shape index (κ2) is 7.15. The number of amides is 1. The zero-order chi connectivity index (χ0) is 19.0. The maximum atomic E-state index is 12.2. The SMILES string of the molecule is Cc1cc(-c2[nH]c3cccc4c3c2CONC4=O)ccc1C(O)CCCN. The monoisotopic (exact) mass is 365 g/mol. The van der Waals surface area contributed by atoms with Crippen molar-refractivity contribution in [2.75, 3.05) is 6.54 Å². The van der Waals surface area contributed by atoms with E-state index in [1.807, 2.05) is 31.2 Å². The van der Waals surface area contributed by atoms with Gasteiger partial charge in [0, 0.05) is 16.5 Å². The molecule has 0 radical (unpaired) electrons. The topological polar surface area (TPSA) is 100 Å². The summed E-state index contributed by atoms with van der Waals surface area (Å²) >= 11 is 0. The summed E-state index contributed by atoms with van der Waals surface area (Å²) in [6, 6.07) is 11.6. The van der Waals surface area contributed by atoms with E-state index in [1.54, 1.807) is 6.07 Å². The summed E-state index contributed by atoms with van der Waals surface area (Å²) in [4.78, 5) is 21.0. The fourth-order valence-corrected chi connectivity index (χ4v) is 3.80. The molecule has 5 N–H and O–H groups in total. The van der Waals surface area contributed by atoms with Crippen LogP contribution in [0.3, 0.4) is 0 Å². The normalized spacial score (nSPS) is 14.9. The largest absolute Gasteiger partial charge is 0.388 e. The van der Waals surface area contributed by atoms with Crippen molar-refractivity contribution in [1.29, 1.82) is 0 Å². The molecule has 2 heterocycles. The molecule has 0 bridgehead atoms. The third-order valence-corrected chi connectivity index (χ3v) is 5.15. The first-order valence-electron chi connectivity index (χ1n) is 9.15. The molecule has 1 aromatic heterocycles. The van der Waals surface area contributed by atoms with Gasteiger partial charge in [0.05, 0.1) is 17.4 Å². The third kappa shape index (κ3) is 3.12. The third-order valence-electron chi connectivity index (χ3n) is 5.15. The molecule has 0 aliphatic carbocycles. The van der Waals surface area contributed by atoms with E-state index in [9.17, 15) is 9.90 Å². The molecule has 0 saturated heterocycles. The number of nitrogens with two attached hydrogens (primary N) is 1. The van der Waals surface area contributed by atoms with Crippen LogP contribution in [0.5, 0.6) is 0 Å². The van der Waals surface area contributed by atoms with Crippen LogP contribution < -0.4 is 11.2 Å². The minimum absolute atomic E-state index is 0.237. The zero-order valence-corrected chi connectivity index (χ0v) is 15.2. The molecule has 27 heavy (non-hydrogen) atoms. The van der Waals surface area contributed by atoms with Crippen LogP contribution in [0.25, 0.3) is 22.2 Å². The van der Waals surface area contributed by atoms with E-state index in [4.69, 9.17) is 10.6 Å². The van der Waals surface area contributed by atoms with E-state index in [1.165, 1.54) is 0 Å². The average molecular weight is 365 g/mol. The molecule has 0 fully saturated rings. The van der Waals surface area contributed by atoms with E-state index >= 15 is 0 Å². The Balaban J connectivity index is 1.79. The summed E-state index contributed by atoms with van der Waals surface area (Å²) in [6.07, 6.45) is 0.929. The summed E-state index contributed by atoms with van der Waals surface area (Å²) in [6.45, 7) is 2.86. The van der Waals surface area contributed by atoms with Crippen LogP contribution in [0, 0.1) is 6.92 Å². The number of rotatable bonds is 5. The van der Waals surface area contributed by atoms with Crippen molar-refractivity contribution in [2.24, 2.45) is 5.73 Å². The molecule has 1 aliphatic rings. The lowest BCUT2D eigenvalue weighted by molar-refractivity contribution is 0.0256. The number of hydroxylamine groups is 1. The number of aryl methyl sites for hydroxylation is 1. The van der Waals surface area contributed by atoms with Crippen LogP contribution in [-0.4, -0.2) is 22.5 Å². The maximum Gasteiger partial charge on any atom is 0.275 e. The number of aliphatic hydroxyl groups excluding tert-OH is 1. The van der Waals surface area contributed by atoms with Crippen molar-refractivity contribution < 1.29 is 14.7 Å². The highest BCUT2D eigenvalue weighted by atomic mass is 16.6. The number of nitrogens with one attached hydrogen (secondary N) is 2. The lowest BCUT2D eigenvalue weighted by Gasteiger charge is -2.15. The van der Waals surface area contributed by atoms with Gasteiger partial charge in [0.15, 0.2) is 0 Å². The number of carbonyl (C=O) groups is 1. The molecule has 1 aliphatic heterocycles. The van der Waals surface area contributed by atoms with Crippen molar-refractivity contribution in [1.82, 2.24) is 10.5 Å². The van der Waals surface area contributed by atoms with Gasteiger partial charge in [0.25, 0.3) is 5.91 Å². The standard InChI is InChI=1S/C21H23N3O3/c1-12-10-13(7-8-14(12)18(25)6-3-9-22)20-16-11-27-24-21(26)15-4-2-5-17(23-20)19(15)16/h2,4-5,7-8,10,18,23,25H,3,6,9,11,22H2,1H3,(H,24,26). The lowest BCUT2D eigenvalue weighted by Crippen LogP contribution is -2.21. The Bertz CT molecular complexity index is 1010. The molecule has 2 aromatic carbocycles. The molecule has 4 rings (SSSR count). The summed E-state index contributed by atoms with van der Waals surface area (Å²) in [7, 11) is 0. The van der Waals surface area contributed by atoms with E-state index in [2.05, 4.69) is 16.5 Å². The van der Waals surface area contributed by atoms with Gasteiger partial charge >= 0.3 is 0 Å². The van der Waals surface area contributed by atoms with Gasteiger partial charge in [-0.3, -0.25) is 9.63 Å². The van der Waals surface area contributed by atoms with E-state index in [-0.39, 0.29) is 12.5 Å². The molecule has 1 atom stereocenters. The highest BCUT2D eigenvalue weighted by molar-refractivity contribution is 6.09. The van der Waals surface area contributed by atoms with Crippen LogP contribution >= 0.6 is 0 Å². The molecule has 3 aromatic rings. The van der Waals surface area contributed by atoms with Gasteiger partial charge < -0.3 is 15.8 Å². The number of aromatic nitrogens is 1. The first kappa shape index (κ1) is 17.7. The minimum Gasteiger partial charge on any atom is -0.388 e. The number of hydrogen-bond acceptors (Lipinski definition) is 4. The van der Waals surface area contributed by atoms with Crippen molar-refractivity contribution in [2.45, 2.75) is 32.5 Å². The Hall–Kier alpha value is -2.67. The van der Waals surface area contributed by atoms with E-state index < -0.39 is 6.10 Å². The second-order valence-corrected chi connectivity index (χ2v) is 6.94. The lowest BCUT2D eigenvalue weighted by atomic mass is 9.95. The number of aliphatic hydroxyl groups is 1. The highest BCUT2D eigenvalue weighted by Crippen LogP contribution is 2.35. The number of carbonyl (C=O) groups excluding carboxylic acids is 1. The fraction of sp³-hybridized carbons (Fsp3) is 0.286. The van der Waals surface area contributed by atoms with Gasteiger partial charge in [-0.05, 0) is 61.2 Å². The molecule has 6 nitrogen and oxygen atoms in total. The van der Waals surface area contributed by atoms with Crippen LogP contribution in [0.2, 0.25) is 0 Å². The zero-order valence-electron chi connectivity index (χ0n) is 15.2. The first-order valence-corrected chi connectivity index (χ1v) is 9.15. The summed E-state index contributed by atoms with van der Waals surface area (Å²) in [5, 5.41) is 11.3. The quantitative estimate of drug-likeness (QED) is 0.558. The Morgan fingerprint density at radius 1 is 1.30 bits per heavy atom. The Labute approximate surface area is 157 Å². The van der Waals surface area contributed by atoms with Crippen LogP contribution in [0.15, 0.2) is 36.4 Å². The fourth-order valence-electron chi connectivity index (χ4n) is 3.80. The predicted octanol–water partition coefficient (Wildman–Crippen LogP) is 3.09. The minimum atomic E-state index is -0.511. The smallest absolute Gasteiger partial charge is 0.275 e. The molecule has 0 spiro atoms. The highest BCUT2D eigenvalue weighted by Gasteiger charge is 2.23. The average Bonchev–Trinajstić information content (AvgIpc) is 2.95. The van der Waals surface area contributed by atoms with Gasteiger partial charge in [-0.1, -0.05) is 18.2 Å². The molecule has 1 amide bonds. The Kier molecular flexibility index (Phi) is 4.70. The summed E-state index contributed by atoms with van der Waals surface area (Å²) in [5.74, 6) is -0.237. The van der Waals surface area contributed by atoms with Gasteiger partial charge in [-0.25, -0.2) is 5.48 Å². The Morgan fingerprint density at radius 2 is 2.15 bits per heavy atom. The van der Waals surface area contributed by atoms with Crippen LogP contribution in [0.4, 0.5) is 0 Å². The molecule has 140 valence electrons. The van der Waals surface area contributed by atoms with Gasteiger partial charge in [-0.15, -0.1) is 0 Å². The molecule has 1 unspecified atom stereocenters. The van der Waals surface area contributed by atoms with Crippen molar-refractivity contribution >= 4 is 16.8 Å². The van der Waals surface area contributed by atoms with E-state index in [0.717, 1.165) is 45.3 Å². The van der Waals surface area contributed by atoms with Crippen LogP contribution in [-0.2, 0) is 11.4 Å². The number of benzene rings is 2. The van der Waals surface area contributed by atoms with Crippen molar-refractivity contribution in [3.63, 3.8) is 0 Å². The van der Waals surface area contributed by atoms with Gasteiger partial charge in [0.1, 0.15) is 6.61 Å². The second-order valence-electron chi connectivity index (χ2n) is 6.94. The molecular formula is C21H23N3O3. The van der Waals surface area contributed by atoms with Crippen LogP contribution in [0.1, 0.15) is 46.0 Å². The number of hydrogen-bond donors (Lipinski definition) is 4.